The van der Waals surface area contributed by atoms with E-state index in [1.807, 2.05) is 35.8 Å². The van der Waals surface area contributed by atoms with Crippen LogP contribution in [0.5, 0.6) is 0 Å². The Morgan fingerprint density at radius 3 is 2.78 bits per heavy atom. The fourth-order valence-corrected chi connectivity index (χ4v) is 4.62. The first-order valence-corrected chi connectivity index (χ1v) is 11.3. The normalized spacial score (nSPS) is 12.0. The van der Waals surface area contributed by atoms with E-state index in [-0.39, 0.29) is 11.9 Å². The van der Waals surface area contributed by atoms with Gasteiger partial charge in [-0.2, -0.15) is 4.99 Å². The summed E-state index contributed by atoms with van der Waals surface area (Å²) in [5, 5.41) is 0. The monoisotopic (exact) mass is 452 g/mol. The Labute approximate surface area is 188 Å². The average molecular weight is 453 g/mol. The van der Waals surface area contributed by atoms with Gasteiger partial charge >= 0.3 is 5.97 Å². The smallest absolute Gasteiger partial charge is 0.338 e. The van der Waals surface area contributed by atoms with Gasteiger partial charge in [-0.05, 0) is 51.1 Å². The van der Waals surface area contributed by atoms with Crippen molar-refractivity contribution in [3.05, 3.63) is 64.3 Å². The number of hydrogen-bond acceptors (Lipinski definition) is 6. The number of aryl methyl sites for hydroxylation is 1. The summed E-state index contributed by atoms with van der Waals surface area (Å²) in [6, 6.07) is 10.9. The topological polar surface area (TPSA) is 87.2 Å². The highest BCUT2D eigenvalue weighted by atomic mass is 32.1. The molecule has 1 aromatic carbocycles. The molecule has 0 aliphatic heterocycles. The second kappa shape index (κ2) is 9.46. The maximum atomic E-state index is 13.2. The van der Waals surface area contributed by atoms with E-state index in [4.69, 9.17) is 9.47 Å². The van der Waals surface area contributed by atoms with Crippen molar-refractivity contribution in [2.75, 3.05) is 19.8 Å². The standard InChI is InChI=1S/C23H24N4O4S/c1-4-30-13-12-26-17-10-9-16(22(29)31-5-2)14-18(17)32-23(26)25-21(28)20-15(3)24-19-8-6-7-11-27(19)20/h6-11,14H,4-5,12-13H2,1-3H3. The third-order valence-corrected chi connectivity index (χ3v) is 6.00. The predicted octanol–water partition coefficient (Wildman–Crippen LogP) is 3.61. The summed E-state index contributed by atoms with van der Waals surface area (Å²) in [5.74, 6) is -0.747. The highest BCUT2D eigenvalue weighted by Gasteiger charge is 2.17. The van der Waals surface area contributed by atoms with Crippen molar-refractivity contribution in [3.8, 4) is 0 Å². The molecule has 3 aromatic heterocycles. The van der Waals surface area contributed by atoms with E-state index in [1.54, 1.807) is 36.6 Å². The molecular weight excluding hydrogens is 428 g/mol. The zero-order valence-corrected chi connectivity index (χ0v) is 19.0. The summed E-state index contributed by atoms with van der Waals surface area (Å²) in [6.45, 7) is 7.43. The number of fused-ring (bicyclic) bond motifs is 2. The molecule has 0 fully saturated rings. The number of nitrogens with zero attached hydrogens (tertiary/aromatic N) is 4. The average Bonchev–Trinajstić information content (AvgIpc) is 3.29. The van der Waals surface area contributed by atoms with E-state index in [2.05, 4.69) is 9.98 Å². The van der Waals surface area contributed by atoms with Crippen molar-refractivity contribution in [2.45, 2.75) is 27.3 Å². The Bertz CT molecular complexity index is 1370. The Balaban J connectivity index is 1.82. The van der Waals surface area contributed by atoms with Gasteiger partial charge in [-0.25, -0.2) is 9.78 Å². The second-order valence-electron chi connectivity index (χ2n) is 7.03. The van der Waals surface area contributed by atoms with Crippen molar-refractivity contribution in [2.24, 2.45) is 4.99 Å². The van der Waals surface area contributed by atoms with Gasteiger partial charge in [0.15, 0.2) is 4.80 Å². The Kier molecular flexibility index (Phi) is 6.48. The van der Waals surface area contributed by atoms with Crippen LogP contribution in [-0.2, 0) is 16.0 Å². The van der Waals surface area contributed by atoms with Crippen LogP contribution < -0.4 is 4.80 Å². The molecule has 8 nitrogen and oxygen atoms in total. The molecule has 0 aliphatic carbocycles. The van der Waals surface area contributed by atoms with Crippen LogP contribution in [0.25, 0.3) is 15.9 Å². The molecule has 0 spiro atoms. The van der Waals surface area contributed by atoms with Gasteiger partial charge in [-0.15, -0.1) is 0 Å². The summed E-state index contributed by atoms with van der Waals surface area (Å²) in [7, 11) is 0. The quantitative estimate of drug-likeness (QED) is 0.316. The van der Waals surface area contributed by atoms with Crippen LogP contribution in [0.2, 0.25) is 0 Å². The van der Waals surface area contributed by atoms with E-state index < -0.39 is 0 Å². The molecule has 0 saturated carbocycles. The molecular formula is C23H24N4O4S. The molecule has 32 heavy (non-hydrogen) atoms. The van der Waals surface area contributed by atoms with Gasteiger partial charge in [0.05, 0.1) is 34.7 Å². The van der Waals surface area contributed by atoms with E-state index >= 15 is 0 Å². The minimum atomic E-state index is -0.375. The van der Waals surface area contributed by atoms with E-state index in [0.29, 0.717) is 53.8 Å². The van der Waals surface area contributed by atoms with Crippen LogP contribution >= 0.6 is 11.3 Å². The number of imidazole rings is 1. The largest absolute Gasteiger partial charge is 0.462 e. The highest BCUT2D eigenvalue weighted by Crippen LogP contribution is 2.21. The number of aromatic nitrogens is 3. The molecule has 166 valence electrons. The molecule has 4 aromatic rings. The maximum Gasteiger partial charge on any atom is 0.338 e. The van der Waals surface area contributed by atoms with Gasteiger partial charge in [0.1, 0.15) is 11.3 Å². The molecule has 0 unspecified atom stereocenters. The molecule has 4 rings (SSSR count). The van der Waals surface area contributed by atoms with Crippen molar-refractivity contribution in [1.82, 2.24) is 14.0 Å². The number of hydrogen-bond donors (Lipinski definition) is 0. The SMILES string of the molecule is CCOCCn1c(=NC(=O)c2c(C)nc3ccccn23)sc2cc(C(=O)OCC)ccc21. The molecule has 0 atom stereocenters. The first-order chi connectivity index (χ1) is 15.5. The number of carbonyl (C=O) groups excluding carboxylic acids is 2. The lowest BCUT2D eigenvalue weighted by Gasteiger charge is -2.06. The molecule has 0 aliphatic rings. The molecule has 0 N–H and O–H groups in total. The third kappa shape index (κ3) is 4.21. The van der Waals surface area contributed by atoms with Gasteiger partial charge in [0.25, 0.3) is 5.91 Å². The van der Waals surface area contributed by atoms with E-state index in [0.717, 1.165) is 10.2 Å². The van der Waals surface area contributed by atoms with Crippen LogP contribution in [0.1, 0.15) is 40.4 Å². The minimum absolute atomic E-state index is 0.309. The summed E-state index contributed by atoms with van der Waals surface area (Å²) < 4.78 is 15.2. The minimum Gasteiger partial charge on any atom is -0.462 e. The van der Waals surface area contributed by atoms with Crippen molar-refractivity contribution >= 4 is 39.1 Å². The van der Waals surface area contributed by atoms with Gasteiger partial charge in [-0.3, -0.25) is 9.20 Å². The summed E-state index contributed by atoms with van der Waals surface area (Å²) in [4.78, 5) is 34.8. The Morgan fingerprint density at radius 2 is 2.00 bits per heavy atom. The third-order valence-electron chi connectivity index (χ3n) is 4.96. The number of rotatable bonds is 7. The van der Waals surface area contributed by atoms with Crippen LogP contribution in [0.15, 0.2) is 47.6 Å². The lowest BCUT2D eigenvalue weighted by atomic mass is 10.2. The predicted molar refractivity (Wildman–Crippen MR) is 122 cm³/mol. The van der Waals surface area contributed by atoms with Crippen LogP contribution in [0.4, 0.5) is 0 Å². The fourth-order valence-electron chi connectivity index (χ4n) is 3.53. The van der Waals surface area contributed by atoms with Gasteiger partial charge in [0.2, 0.25) is 0 Å². The Hall–Kier alpha value is -3.30. The lowest BCUT2D eigenvalue weighted by Crippen LogP contribution is -2.20. The van der Waals surface area contributed by atoms with Gasteiger partial charge in [0, 0.05) is 19.3 Å². The van der Waals surface area contributed by atoms with Gasteiger partial charge < -0.3 is 14.0 Å². The molecule has 0 bridgehead atoms. The van der Waals surface area contributed by atoms with Crippen molar-refractivity contribution in [1.29, 1.82) is 0 Å². The maximum absolute atomic E-state index is 13.2. The van der Waals surface area contributed by atoms with Crippen LogP contribution in [0, 0.1) is 6.92 Å². The number of esters is 1. The number of ether oxygens (including phenoxy) is 2. The second-order valence-corrected chi connectivity index (χ2v) is 8.04. The van der Waals surface area contributed by atoms with E-state index in [9.17, 15) is 9.59 Å². The molecule has 9 heteroatoms. The number of amides is 1. The number of benzene rings is 1. The summed E-state index contributed by atoms with van der Waals surface area (Å²) >= 11 is 1.35. The van der Waals surface area contributed by atoms with Crippen LogP contribution in [0.3, 0.4) is 0 Å². The van der Waals surface area contributed by atoms with Crippen molar-refractivity contribution in [3.63, 3.8) is 0 Å². The highest BCUT2D eigenvalue weighted by molar-refractivity contribution is 7.16. The van der Waals surface area contributed by atoms with Crippen molar-refractivity contribution < 1.29 is 19.1 Å². The zero-order valence-electron chi connectivity index (χ0n) is 18.2. The molecule has 1 amide bonds. The lowest BCUT2D eigenvalue weighted by molar-refractivity contribution is 0.0526. The summed E-state index contributed by atoms with van der Waals surface area (Å²) in [6.07, 6.45) is 1.80. The van der Waals surface area contributed by atoms with Gasteiger partial charge in [-0.1, -0.05) is 17.4 Å². The summed E-state index contributed by atoms with van der Waals surface area (Å²) in [5.41, 5.74) is 3.10. The number of pyridine rings is 1. The molecule has 0 radical (unpaired) electrons. The number of thiazole rings is 1. The molecule has 3 heterocycles. The first-order valence-electron chi connectivity index (χ1n) is 10.4. The zero-order chi connectivity index (χ0) is 22.7. The van der Waals surface area contributed by atoms with Crippen LogP contribution in [-0.4, -0.2) is 45.6 Å². The number of carbonyl (C=O) groups is 2. The fraction of sp³-hybridized carbons (Fsp3) is 0.304. The Morgan fingerprint density at radius 1 is 1.16 bits per heavy atom. The van der Waals surface area contributed by atoms with E-state index in [1.165, 1.54) is 11.3 Å². The molecule has 0 saturated heterocycles. The first kappa shape index (κ1) is 21.9.